The van der Waals surface area contributed by atoms with E-state index in [0.29, 0.717) is 4.43 Å². The molecule has 0 rings (SSSR count). The molecule has 0 heterocycles. The Kier molecular flexibility index (Phi) is 5.30. The van der Waals surface area contributed by atoms with Crippen LogP contribution in [0.2, 0.25) is 0 Å². The zero-order chi connectivity index (χ0) is 7.11. The monoisotopic (exact) mass is 240 g/mol. The fourth-order valence-corrected chi connectivity index (χ4v) is 1.46. The Hall–Kier alpha value is -0.510. The van der Waals surface area contributed by atoms with Crippen LogP contribution in [0.1, 0.15) is 6.92 Å². The van der Waals surface area contributed by atoms with Crippen molar-refractivity contribution in [2.24, 2.45) is 6.41 Å². The van der Waals surface area contributed by atoms with E-state index in [1.165, 1.54) is 12.2 Å². The van der Waals surface area contributed by atoms with Crippen molar-refractivity contribution in [2.45, 2.75) is 6.92 Å². The number of alkyl halides is 1. The summed E-state index contributed by atoms with van der Waals surface area (Å²) in [5.41, 5.74) is 0. The summed E-state index contributed by atoms with van der Waals surface area (Å²) in [6.07, 6.45) is 2.75. The maximum atomic E-state index is 9.61. The summed E-state index contributed by atoms with van der Waals surface area (Å²) in [5.74, 6) is 0. The third-order valence-corrected chi connectivity index (χ3v) is 3.38. The van der Waals surface area contributed by atoms with Gasteiger partial charge in [-0.25, -0.2) is 0 Å². The number of hydrogen-bond donors (Lipinski definition) is 0. The number of nitrogens with zero attached hydrogens (tertiary/aromatic N) is 2. The Bertz CT molecular complexity index is 151. The molecule has 0 radical (unpaired) electrons. The molecule has 0 aliphatic rings. The molecule has 0 fully saturated rings. The summed E-state index contributed by atoms with van der Waals surface area (Å²) >= 11 is -1.97. The van der Waals surface area contributed by atoms with Crippen molar-refractivity contribution in [1.82, 2.24) is 0 Å². The second kappa shape index (κ2) is 5.62. The van der Waals surface area contributed by atoms with Crippen LogP contribution >= 0.6 is 20.4 Å². The molecule has 0 amide bonds. The Labute approximate surface area is 60.2 Å². The van der Waals surface area contributed by atoms with Gasteiger partial charge in [0.2, 0.25) is 0 Å². The Balaban J connectivity index is 3.97. The van der Waals surface area contributed by atoms with Crippen molar-refractivity contribution in [1.29, 1.82) is 0 Å². The normalized spacial score (nSPS) is 8.78. The molecule has 0 aromatic heterocycles. The second-order valence-electron chi connectivity index (χ2n) is 0.934. The Morgan fingerprint density at radius 1 is 1.33 bits per heavy atom. The molecule has 0 unspecified atom stereocenters. The summed E-state index contributed by atoms with van der Waals surface area (Å²) in [6.45, 7) is 1.83. The average molecular weight is 240 g/mol. The predicted molar refractivity (Wildman–Crippen MR) is 40.8 cm³/mol. The third-order valence-electron chi connectivity index (χ3n) is 0.503. The van der Waals surface area contributed by atoms with E-state index in [1.807, 2.05) is 6.92 Å². The SMILES string of the molecule is CCI(N=C=O)N=C=O. The van der Waals surface area contributed by atoms with Crippen LogP contribution in [-0.2, 0) is 9.59 Å². The predicted octanol–water partition coefficient (Wildman–Crippen LogP) is 1.01. The zero-order valence-electron chi connectivity index (χ0n) is 4.80. The van der Waals surface area contributed by atoms with Crippen LogP contribution in [-0.4, -0.2) is 16.6 Å². The van der Waals surface area contributed by atoms with Gasteiger partial charge in [0.1, 0.15) is 0 Å². The van der Waals surface area contributed by atoms with Gasteiger partial charge in [0, 0.05) is 0 Å². The van der Waals surface area contributed by atoms with Gasteiger partial charge in [-0.05, 0) is 0 Å². The van der Waals surface area contributed by atoms with Gasteiger partial charge >= 0.3 is 59.9 Å². The van der Waals surface area contributed by atoms with Crippen LogP contribution < -0.4 is 0 Å². The summed E-state index contributed by atoms with van der Waals surface area (Å²) < 4.78 is 7.38. The molecule has 0 spiro atoms. The van der Waals surface area contributed by atoms with Crippen molar-refractivity contribution in [2.75, 3.05) is 4.43 Å². The number of isocyanates is 2. The second-order valence-corrected chi connectivity index (χ2v) is 5.22. The fraction of sp³-hybridized carbons (Fsp3) is 0.500. The molecule has 9 heavy (non-hydrogen) atoms. The summed E-state index contributed by atoms with van der Waals surface area (Å²) in [5, 5.41) is 0. The number of hydrogen-bond acceptors (Lipinski definition) is 4. The molecule has 0 N–H and O–H groups in total. The summed E-state index contributed by atoms with van der Waals surface area (Å²) in [7, 11) is 0. The van der Waals surface area contributed by atoms with Gasteiger partial charge in [0.05, 0.1) is 0 Å². The minimum absolute atomic E-state index is 0.675. The van der Waals surface area contributed by atoms with E-state index >= 15 is 0 Å². The van der Waals surface area contributed by atoms with Crippen molar-refractivity contribution in [3.8, 4) is 0 Å². The van der Waals surface area contributed by atoms with E-state index < -0.39 is 20.4 Å². The van der Waals surface area contributed by atoms with E-state index in [4.69, 9.17) is 0 Å². The molecule has 0 aromatic rings. The molecular weight excluding hydrogens is 235 g/mol. The molecule has 0 aromatic carbocycles. The molecule has 0 bridgehead atoms. The van der Waals surface area contributed by atoms with Crippen molar-refractivity contribution in [3.05, 3.63) is 0 Å². The standard InChI is InChI=1S/C4H5IN2O2/c1-2-5(6-3-8)7-4-9/h2H2,1H3. The molecule has 0 saturated carbocycles. The number of carbonyl (C=O) groups excluding carboxylic acids is 2. The number of halogens is 1. The van der Waals surface area contributed by atoms with E-state index in [9.17, 15) is 9.59 Å². The van der Waals surface area contributed by atoms with E-state index in [2.05, 4.69) is 6.41 Å². The van der Waals surface area contributed by atoms with Crippen LogP contribution in [0.15, 0.2) is 6.41 Å². The van der Waals surface area contributed by atoms with E-state index in [-0.39, 0.29) is 0 Å². The molecule has 4 nitrogen and oxygen atoms in total. The molecule has 0 aliphatic carbocycles. The van der Waals surface area contributed by atoms with Gasteiger partial charge in [0.15, 0.2) is 0 Å². The minimum atomic E-state index is -1.97. The molecular formula is C4H5IN2O2. The average Bonchev–Trinajstić information content (AvgIpc) is 1.88. The maximum absolute atomic E-state index is 9.61. The van der Waals surface area contributed by atoms with E-state index in [0.717, 1.165) is 0 Å². The van der Waals surface area contributed by atoms with Gasteiger partial charge in [-0.15, -0.1) is 0 Å². The quantitative estimate of drug-likeness (QED) is 0.320. The van der Waals surface area contributed by atoms with Crippen LogP contribution in [0.25, 0.3) is 0 Å². The molecule has 0 aliphatic heterocycles. The van der Waals surface area contributed by atoms with Crippen LogP contribution in [0.4, 0.5) is 0 Å². The molecule has 50 valence electrons. The Morgan fingerprint density at radius 2 is 1.78 bits per heavy atom. The van der Waals surface area contributed by atoms with Gasteiger partial charge < -0.3 is 0 Å². The van der Waals surface area contributed by atoms with Crippen molar-refractivity contribution in [3.63, 3.8) is 0 Å². The zero-order valence-corrected chi connectivity index (χ0v) is 6.95. The number of rotatable bonds is 3. The topological polar surface area (TPSA) is 58.9 Å². The van der Waals surface area contributed by atoms with Gasteiger partial charge in [0.25, 0.3) is 0 Å². The van der Waals surface area contributed by atoms with Crippen LogP contribution in [0, 0.1) is 0 Å². The fourth-order valence-electron chi connectivity index (χ4n) is 0.218. The third kappa shape index (κ3) is 4.02. The first-order chi connectivity index (χ1) is 4.35. The molecule has 5 heteroatoms. The van der Waals surface area contributed by atoms with Crippen molar-refractivity contribution < 1.29 is 9.59 Å². The van der Waals surface area contributed by atoms with Gasteiger partial charge in [-0.1, -0.05) is 0 Å². The first-order valence-electron chi connectivity index (χ1n) is 2.17. The van der Waals surface area contributed by atoms with Gasteiger partial charge in [-0.2, -0.15) is 0 Å². The van der Waals surface area contributed by atoms with Crippen molar-refractivity contribution >= 4 is 32.5 Å². The van der Waals surface area contributed by atoms with Crippen LogP contribution in [0.5, 0.6) is 0 Å². The summed E-state index contributed by atoms with van der Waals surface area (Å²) in [4.78, 5) is 19.2. The van der Waals surface area contributed by atoms with E-state index in [1.54, 1.807) is 0 Å². The molecule has 0 atom stereocenters. The van der Waals surface area contributed by atoms with Crippen LogP contribution in [0.3, 0.4) is 0 Å². The first-order valence-corrected chi connectivity index (χ1v) is 5.62. The Morgan fingerprint density at radius 3 is 2.00 bits per heavy atom. The summed E-state index contributed by atoms with van der Waals surface area (Å²) in [6, 6.07) is 0. The first kappa shape index (κ1) is 8.49. The van der Waals surface area contributed by atoms with Gasteiger partial charge in [-0.3, -0.25) is 0 Å². The molecule has 0 saturated heterocycles.